The molecule has 0 aromatic rings. The Bertz CT molecular complexity index is 247. The number of carbonyl (C=O) groups is 1. The molecule has 13 N–H and O–H groups in total. The molecule has 0 radical (unpaired) electrons. The maximum atomic E-state index is 9.98. The second-order valence-corrected chi connectivity index (χ2v) is 2.72. The van der Waals surface area contributed by atoms with E-state index in [4.69, 9.17) is 40.9 Å². The number of aliphatic hydroxyl groups is 5. The zero-order chi connectivity index (χ0) is 14.2. The Morgan fingerprint density at radius 2 is 1.37 bits per heavy atom. The molecule has 0 unspecified atom stereocenters. The Morgan fingerprint density at radius 3 is 1.58 bits per heavy atom. The molecule has 0 aromatic carbocycles. The minimum absolute atomic E-state index is 0. The van der Waals surface area contributed by atoms with Gasteiger partial charge in [-0.25, -0.2) is 0 Å². The van der Waals surface area contributed by atoms with Crippen LogP contribution in [-0.4, -0.2) is 67.6 Å². The SMILES string of the molecule is O=C([O-])[C@H](O)[C@@H](O)[C@H](O)[C@H](O)CO.O=[N+]([O-])[O-].[NH4+].[NH4+]. The monoisotopic (exact) mass is 293 g/mol. The van der Waals surface area contributed by atoms with Crippen LogP contribution in [0, 0.1) is 15.3 Å². The first-order valence-electron chi connectivity index (χ1n) is 4.00. The van der Waals surface area contributed by atoms with Gasteiger partial charge in [0.05, 0.1) is 17.7 Å². The van der Waals surface area contributed by atoms with E-state index in [0.717, 1.165) is 0 Å². The molecule has 0 aromatic heterocycles. The highest BCUT2D eigenvalue weighted by atomic mass is 16.9. The molecule has 0 aliphatic carbocycles. The van der Waals surface area contributed by atoms with E-state index in [2.05, 4.69) is 0 Å². The summed E-state index contributed by atoms with van der Waals surface area (Å²) in [7, 11) is 0. The first-order valence-corrected chi connectivity index (χ1v) is 4.00. The van der Waals surface area contributed by atoms with Crippen molar-refractivity contribution < 1.29 is 40.5 Å². The highest BCUT2D eigenvalue weighted by molar-refractivity contribution is 5.70. The second-order valence-electron chi connectivity index (χ2n) is 2.72. The van der Waals surface area contributed by atoms with Crippen LogP contribution in [-0.2, 0) is 4.79 Å². The molecule has 0 fully saturated rings. The minimum atomic E-state index is -2.31. The van der Waals surface area contributed by atoms with E-state index >= 15 is 0 Å². The molecule has 0 amide bonds. The van der Waals surface area contributed by atoms with Crippen molar-refractivity contribution in [3.63, 3.8) is 0 Å². The van der Waals surface area contributed by atoms with Crippen LogP contribution in [0.4, 0.5) is 0 Å². The maximum absolute atomic E-state index is 9.98. The van der Waals surface area contributed by atoms with Crippen LogP contribution in [0.5, 0.6) is 0 Å². The van der Waals surface area contributed by atoms with E-state index in [-0.39, 0.29) is 12.3 Å². The van der Waals surface area contributed by atoms with Crippen LogP contribution in [0.15, 0.2) is 0 Å². The van der Waals surface area contributed by atoms with E-state index < -0.39 is 42.1 Å². The van der Waals surface area contributed by atoms with Crippen molar-refractivity contribution in [3.05, 3.63) is 15.3 Å². The zero-order valence-electron chi connectivity index (χ0n) is 10.2. The summed E-state index contributed by atoms with van der Waals surface area (Å²) >= 11 is 0. The van der Waals surface area contributed by atoms with Gasteiger partial charge >= 0.3 is 0 Å². The van der Waals surface area contributed by atoms with Gasteiger partial charge in [0.2, 0.25) is 0 Å². The van der Waals surface area contributed by atoms with Gasteiger partial charge in [-0.15, -0.1) is 0 Å². The predicted molar refractivity (Wildman–Crippen MR) is 58.5 cm³/mol. The van der Waals surface area contributed by atoms with Gasteiger partial charge in [-0.3, -0.25) is 0 Å². The van der Waals surface area contributed by atoms with E-state index in [1.54, 1.807) is 0 Å². The molecule has 0 bridgehead atoms. The average molecular weight is 293 g/mol. The molecule has 19 heavy (non-hydrogen) atoms. The van der Waals surface area contributed by atoms with E-state index in [1.807, 2.05) is 0 Å². The normalized spacial score (nSPS) is 15.2. The van der Waals surface area contributed by atoms with Gasteiger partial charge in [-0.2, -0.15) is 0 Å². The Balaban J connectivity index is -0.000000165. The quantitative estimate of drug-likeness (QED) is 0.189. The highest BCUT2D eigenvalue weighted by Gasteiger charge is 2.30. The summed E-state index contributed by atoms with van der Waals surface area (Å²) in [5.41, 5.74) is 0. The number of aliphatic hydroxyl groups excluding tert-OH is 5. The summed E-state index contributed by atoms with van der Waals surface area (Å²) in [4.78, 5) is 18.2. The third-order valence-electron chi connectivity index (χ3n) is 1.50. The van der Waals surface area contributed by atoms with Crippen molar-refractivity contribution >= 4 is 5.97 Å². The van der Waals surface area contributed by atoms with Crippen LogP contribution < -0.4 is 17.4 Å². The fraction of sp³-hybridized carbons (Fsp3) is 0.833. The summed E-state index contributed by atoms with van der Waals surface area (Å²) < 4.78 is 0. The molecular weight excluding hydrogens is 274 g/mol. The van der Waals surface area contributed by atoms with Gasteiger partial charge in [0.1, 0.15) is 24.4 Å². The smallest absolute Gasteiger partial charge is 0.122 e. The Morgan fingerprint density at radius 1 is 1.05 bits per heavy atom. The number of nitrogens with zero attached hydrogens (tertiary/aromatic N) is 1. The fourth-order valence-electron chi connectivity index (χ4n) is 0.662. The third-order valence-corrected chi connectivity index (χ3v) is 1.50. The van der Waals surface area contributed by atoms with Gasteiger partial charge in [-0.05, 0) is 0 Å². The summed E-state index contributed by atoms with van der Waals surface area (Å²) in [6, 6.07) is 0. The van der Waals surface area contributed by atoms with Crippen molar-refractivity contribution in [2.45, 2.75) is 24.4 Å². The molecule has 0 aliphatic heterocycles. The van der Waals surface area contributed by atoms with Crippen molar-refractivity contribution in [1.82, 2.24) is 12.3 Å². The molecule has 4 atom stereocenters. The largest absolute Gasteiger partial charge is 0.547 e. The standard InChI is InChI=1S/C6H12O7.NO3.2H3N/c7-1-2(8)3(9)4(10)5(11)6(12)13;2-1(3)4;;/h2-5,7-11H,1H2,(H,12,13);;2*1H3/q;-1;;/p+1/t2-,3-,4+,5-;;;/m1.../s1. The topological polar surface area (TPSA) is 280 Å². The van der Waals surface area contributed by atoms with Crippen molar-refractivity contribution in [3.8, 4) is 0 Å². The molecule has 0 rings (SSSR count). The predicted octanol–water partition coefficient (Wildman–Crippen LogP) is -4.31. The molecular formula is C6H19N3O10. The number of carboxylic acid groups (broad SMARTS) is 1. The van der Waals surface area contributed by atoms with Crippen molar-refractivity contribution in [2.24, 2.45) is 0 Å². The summed E-state index contributed by atoms with van der Waals surface area (Å²) in [6.07, 6.45) is -8.08. The molecule has 13 heteroatoms. The number of carboxylic acids is 1. The molecule has 0 aliphatic rings. The van der Waals surface area contributed by atoms with Gasteiger partial charge in [-0.1, -0.05) is 0 Å². The second kappa shape index (κ2) is 12.8. The third kappa shape index (κ3) is 12.6. The lowest BCUT2D eigenvalue weighted by molar-refractivity contribution is -0.402. The summed E-state index contributed by atoms with van der Waals surface area (Å²) in [6.45, 7) is -0.863. The lowest BCUT2D eigenvalue weighted by atomic mass is 10.0. The van der Waals surface area contributed by atoms with E-state index in [9.17, 15) is 9.90 Å². The van der Waals surface area contributed by atoms with E-state index in [0.29, 0.717) is 0 Å². The zero-order valence-corrected chi connectivity index (χ0v) is 10.2. The van der Waals surface area contributed by atoms with Crippen LogP contribution in [0.1, 0.15) is 0 Å². The fourth-order valence-corrected chi connectivity index (χ4v) is 0.662. The molecule has 0 heterocycles. The molecule has 13 nitrogen and oxygen atoms in total. The van der Waals surface area contributed by atoms with Crippen LogP contribution in [0.25, 0.3) is 0 Å². The number of carbonyl (C=O) groups excluding carboxylic acids is 1. The van der Waals surface area contributed by atoms with Crippen LogP contribution in [0.2, 0.25) is 0 Å². The van der Waals surface area contributed by atoms with Crippen molar-refractivity contribution in [2.75, 3.05) is 6.61 Å². The Kier molecular flexibility index (Phi) is 17.6. The number of hydrogen-bond acceptors (Lipinski definition) is 10. The highest BCUT2D eigenvalue weighted by Crippen LogP contribution is 2.04. The first-order chi connectivity index (χ1) is 7.64. The summed E-state index contributed by atoms with van der Waals surface area (Å²) in [5.74, 6) is -1.98. The summed E-state index contributed by atoms with van der Waals surface area (Å²) in [5, 5.41) is 68.2. The average Bonchev–Trinajstić information content (AvgIpc) is 2.23. The van der Waals surface area contributed by atoms with Gasteiger partial charge in [0, 0.05) is 0 Å². The number of rotatable bonds is 5. The van der Waals surface area contributed by atoms with Gasteiger partial charge in [0.15, 0.2) is 0 Å². The van der Waals surface area contributed by atoms with Crippen molar-refractivity contribution in [1.29, 1.82) is 0 Å². The van der Waals surface area contributed by atoms with Gasteiger partial charge < -0.3 is 63.1 Å². The number of quaternary nitrogens is 2. The minimum Gasteiger partial charge on any atom is -0.547 e. The van der Waals surface area contributed by atoms with Crippen LogP contribution in [0.3, 0.4) is 0 Å². The van der Waals surface area contributed by atoms with Crippen LogP contribution >= 0.6 is 0 Å². The lowest BCUT2D eigenvalue weighted by Crippen LogP contribution is -2.52. The Hall–Kier alpha value is -1.61. The number of aliphatic carboxylic acids is 1. The van der Waals surface area contributed by atoms with E-state index in [1.165, 1.54) is 0 Å². The van der Waals surface area contributed by atoms with Gasteiger partial charge in [0.25, 0.3) is 0 Å². The first kappa shape index (κ1) is 26.1. The molecule has 0 saturated heterocycles. The molecule has 0 spiro atoms. The Labute approximate surface area is 106 Å². The molecule has 0 saturated carbocycles. The number of hydrogen-bond donors (Lipinski definition) is 7. The maximum Gasteiger partial charge on any atom is 0.122 e. The lowest BCUT2D eigenvalue weighted by Gasteiger charge is -2.25. The molecule has 118 valence electrons.